The summed E-state index contributed by atoms with van der Waals surface area (Å²) in [4.78, 5) is 9.23. The van der Waals surface area contributed by atoms with Gasteiger partial charge >= 0.3 is 0 Å². The third-order valence-corrected chi connectivity index (χ3v) is 3.62. The molecule has 1 aliphatic heterocycles. The Morgan fingerprint density at radius 2 is 1.88 bits per heavy atom. The fraction of sp³-hybridized carbons (Fsp3) is 0.727. The quantitative estimate of drug-likeness (QED) is 0.831. The van der Waals surface area contributed by atoms with Crippen LogP contribution in [0.1, 0.15) is 19.9 Å². The predicted octanol–water partition coefficient (Wildman–Crippen LogP) is 1.98. The first-order chi connectivity index (χ1) is 7.59. The van der Waals surface area contributed by atoms with Crippen LogP contribution in [-0.4, -0.2) is 47.7 Å². The lowest BCUT2D eigenvalue weighted by Crippen LogP contribution is -2.45. The number of rotatable bonds is 2. The maximum atomic E-state index is 4.51. The standard InChI is InChI=1S/C11H19BrN4/c1-9(2)16-10(12)8-13-11(16)15-6-4-14(3)5-7-15/h8-9H,4-7H2,1-3H3. The molecule has 2 rings (SSSR count). The summed E-state index contributed by atoms with van der Waals surface area (Å²) in [6, 6.07) is 0.437. The van der Waals surface area contributed by atoms with Crippen LogP contribution in [0.5, 0.6) is 0 Å². The van der Waals surface area contributed by atoms with Gasteiger partial charge in [0.15, 0.2) is 0 Å². The summed E-state index contributed by atoms with van der Waals surface area (Å²) in [6.07, 6.45) is 1.90. The molecule has 0 aliphatic carbocycles. The van der Waals surface area contributed by atoms with Crippen molar-refractivity contribution >= 4 is 21.9 Å². The molecule has 1 aliphatic rings. The van der Waals surface area contributed by atoms with Crippen molar-refractivity contribution in [3.05, 3.63) is 10.8 Å². The minimum absolute atomic E-state index is 0.437. The predicted molar refractivity (Wildman–Crippen MR) is 70.0 cm³/mol. The first-order valence-corrected chi connectivity index (χ1v) is 6.55. The van der Waals surface area contributed by atoms with Gasteiger partial charge in [-0.2, -0.15) is 0 Å². The highest BCUT2D eigenvalue weighted by Gasteiger charge is 2.20. The summed E-state index contributed by atoms with van der Waals surface area (Å²) in [5.74, 6) is 1.09. The zero-order valence-electron chi connectivity index (χ0n) is 10.1. The highest BCUT2D eigenvalue weighted by atomic mass is 79.9. The van der Waals surface area contributed by atoms with Gasteiger partial charge in [0.05, 0.1) is 6.20 Å². The number of anilines is 1. The highest BCUT2D eigenvalue weighted by Crippen LogP contribution is 2.25. The summed E-state index contributed by atoms with van der Waals surface area (Å²) in [5, 5.41) is 0. The van der Waals surface area contributed by atoms with E-state index in [2.05, 4.69) is 56.2 Å². The van der Waals surface area contributed by atoms with Crippen molar-refractivity contribution < 1.29 is 0 Å². The van der Waals surface area contributed by atoms with E-state index in [1.54, 1.807) is 0 Å². The molecule has 0 saturated carbocycles. The molecular formula is C11H19BrN4. The lowest BCUT2D eigenvalue weighted by atomic mass is 10.3. The van der Waals surface area contributed by atoms with Crippen molar-refractivity contribution in [3.63, 3.8) is 0 Å². The molecule has 0 aromatic carbocycles. The molecule has 4 nitrogen and oxygen atoms in total. The number of aromatic nitrogens is 2. The molecule has 1 fully saturated rings. The number of hydrogen-bond acceptors (Lipinski definition) is 3. The minimum atomic E-state index is 0.437. The Morgan fingerprint density at radius 3 is 2.44 bits per heavy atom. The summed E-state index contributed by atoms with van der Waals surface area (Å²) in [6.45, 7) is 8.72. The SMILES string of the molecule is CC(C)n1c(Br)cnc1N1CCN(C)CC1. The highest BCUT2D eigenvalue weighted by molar-refractivity contribution is 9.10. The zero-order valence-corrected chi connectivity index (χ0v) is 11.7. The van der Waals surface area contributed by atoms with Crippen molar-refractivity contribution in [2.45, 2.75) is 19.9 Å². The van der Waals surface area contributed by atoms with Crippen molar-refractivity contribution in [2.24, 2.45) is 0 Å². The summed E-state index contributed by atoms with van der Waals surface area (Å²) < 4.78 is 3.31. The number of nitrogens with zero attached hydrogens (tertiary/aromatic N) is 4. The molecule has 0 spiro atoms. The van der Waals surface area contributed by atoms with Gasteiger partial charge in [-0.05, 0) is 36.8 Å². The van der Waals surface area contributed by atoms with Gasteiger partial charge in [-0.3, -0.25) is 0 Å². The van der Waals surface area contributed by atoms with Crippen LogP contribution >= 0.6 is 15.9 Å². The van der Waals surface area contributed by atoms with Crippen molar-refractivity contribution in [1.82, 2.24) is 14.5 Å². The van der Waals surface area contributed by atoms with Crippen LogP contribution in [0, 0.1) is 0 Å². The Labute approximate surface area is 105 Å². The molecular weight excluding hydrogens is 268 g/mol. The lowest BCUT2D eigenvalue weighted by molar-refractivity contribution is 0.309. The zero-order chi connectivity index (χ0) is 11.7. The Hall–Kier alpha value is -0.550. The fourth-order valence-electron chi connectivity index (χ4n) is 2.05. The van der Waals surface area contributed by atoms with Crippen LogP contribution < -0.4 is 4.90 Å². The molecule has 1 saturated heterocycles. The van der Waals surface area contributed by atoms with E-state index in [0.717, 1.165) is 36.7 Å². The number of hydrogen-bond donors (Lipinski definition) is 0. The number of piperazine rings is 1. The molecule has 1 aromatic heterocycles. The topological polar surface area (TPSA) is 24.3 Å². The molecule has 1 aromatic rings. The third-order valence-electron chi connectivity index (χ3n) is 3.03. The molecule has 0 N–H and O–H groups in total. The van der Waals surface area contributed by atoms with Crippen LogP contribution in [0.2, 0.25) is 0 Å². The van der Waals surface area contributed by atoms with Gasteiger partial charge in [-0.25, -0.2) is 4.98 Å². The maximum Gasteiger partial charge on any atom is 0.206 e. The van der Waals surface area contributed by atoms with Gasteiger partial charge < -0.3 is 14.4 Å². The van der Waals surface area contributed by atoms with E-state index in [4.69, 9.17) is 0 Å². The summed E-state index contributed by atoms with van der Waals surface area (Å²) >= 11 is 3.56. The molecule has 0 bridgehead atoms. The first-order valence-electron chi connectivity index (χ1n) is 5.76. The Morgan fingerprint density at radius 1 is 1.25 bits per heavy atom. The van der Waals surface area contributed by atoms with Crippen molar-refractivity contribution in [3.8, 4) is 0 Å². The second-order valence-corrected chi connectivity index (χ2v) is 5.45. The molecule has 0 radical (unpaired) electrons. The molecule has 5 heteroatoms. The van der Waals surface area contributed by atoms with Gasteiger partial charge in [0, 0.05) is 32.2 Å². The molecule has 2 heterocycles. The van der Waals surface area contributed by atoms with Crippen molar-refractivity contribution in [1.29, 1.82) is 0 Å². The average molecular weight is 287 g/mol. The van der Waals surface area contributed by atoms with Crippen LogP contribution in [0.25, 0.3) is 0 Å². The smallest absolute Gasteiger partial charge is 0.206 e. The van der Waals surface area contributed by atoms with Crippen LogP contribution in [0.4, 0.5) is 5.95 Å². The largest absolute Gasteiger partial charge is 0.340 e. The summed E-state index contributed by atoms with van der Waals surface area (Å²) in [5.41, 5.74) is 0. The minimum Gasteiger partial charge on any atom is -0.340 e. The average Bonchev–Trinajstić information content (AvgIpc) is 2.61. The fourth-order valence-corrected chi connectivity index (χ4v) is 2.72. The molecule has 0 atom stereocenters. The normalized spacial score (nSPS) is 18.4. The number of likely N-dealkylation sites (N-methyl/N-ethyl adjacent to an activating group) is 1. The van der Waals surface area contributed by atoms with Crippen LogP contribution in [-0.2, 0) is 0 Å². The molecule has 0 amide bonds. The van der Waals surface area contributed by atoms with E-state index < -0.39 is 0 Å². The van der Waals surface area contributed by atoms with Gasteiger partial charge in [-0.1, -0.05) is 0 Å². The maximum absolute atomic E-state index is 4.51. The second kappa shape index (κ2) is 4.75. The van der Waals surface area contributed by atoms with E-state index in [1.165, 1.54) is 0 Å². The van der Waals surface area contributed by atoms with E-state index in [9.17, 15) is 0 Å². The van der Waals surface area contributed by atoms with Crippen LogP contribution in [0.15, 0.2) is 10.8 Å². The van der Waals surface area contributed by atoms with Crippen molar-refractivity contribution in [2.75, 3.05) is 38.1 Å². The third kappa shape index (κ3) is 2.25. The Kier molecular flexibility index (Phi) is 3.54. The molecule has 90 valence electrons. The van der Waals surface area contributed by atoms with Gasteiger partial charge in [0.25, 0.3) is 0 Å². The van der Waals surface area contributed by atoms with E-state index in [-0.39, 0.29) is 0 Å². The molecule has 0 unspecified atom stereocenters. The van der Waals surface area contributed by atoms with Crippen LogP contribution in [0.3, 0.4) is 0 Å². The lowest BCUT2D eigenvalue weighted by Gasteiger charge is -2.34. The Balaban J connectivity index is 2.20. The van der Waals surface area contributed by atoms with E-state index in [0.29, 0.717) is 6.04 Å². The van der Waals surface area contributed by atoms with E-state index in [1.807, 2.05) is 6.20 Å². The monoisotopic (exact) mass is 286 g/mol. The second-order valence-electron chi connectivity index (χ2n) is 4.63. The summed E-state index contributed by atoms with van der Waals surface area (Å²) in [7, 11) is 2.17. The van der Waals surface area contributed by atoms with Gasteiger partial charge in [0.2, 0.25) is 5.95 Å². The van der Waals surface area contributed by atoms with Gasteiger partial charge in [-0.15, -0.1) is 0 Å². The first kappa shape index (κ1) is 11.9. The number of imidazole rings is 1. The number of halogens is 1. The van der Waals surface area contributed by atoms with E-state index >= 15 is 0 Å². The van der Waals surface area contributed by atoms with Gasteiger partial charge in [0.1, 0.15) is 4.60 Å². The molecule has 16 heavy (non-hydrogen) atoms. The Bertz CT molecular complexity index is 353.